The number of methoxy groups -OCH3 is 1. The minimum absolute atomic E-state index is 0.388. The van der Waals surface area contributed by atoms with Gasteiger partial charge < -0.3 is 4.74 Å². The van der Waals surface area contributed by atoms with E-state index in [1.165, 1.54) is 7.11 Å². The van der Waals surface area contributed by atoms with Crippen LogP contribution in [0.3, 0.4) is 0 Å². The van der Waals surface area contributed by atoms with Crippen molar-refractivity contribution in [3.63, 3.8) is 0 Å². The Morgan fingerprint density at radius 2 is 2.36 bits per heavy atom. The van der Waals surface area contributed by atoms with Gasteiger partial charge in [-0.05, 0) is 28.1 Å². The van der Waals surface area contributed by atoms with Crippen LogP contribution in [0.5, 0.6) is 0 Å². The molecule has 0 unspecified atom stereocenters. The molecule has 0 spiro atoms. The number of hydrogen-bond donors (Lipinski definition) is 0. The Bertz CT molecular complexity index is 493. The molecule has 2 rings (SSSR count). The molecule has 0 radical (unpaired) electrons. The number of hydrogen-bond acceptors (Lipinski definition) is 3. The van der Waals surface area contributed by atoms with Crippen LogP contribution in [0, 0.1) is 0 Å². The largest absolute Gasteiger partial charge is 0.464 e. The lowest BCUT2D eigenvalue weighted by Crippen LogP contribution is -2.08. The van der Waals surface area contributed by atoms with Gasteiger partial charge in [-0.15, -0.1) is 0 Å². The topological polar surface area (TPSA) is 43.6 Å². The third kappa shape index (κ3) is 1.29. The van der Waals surface area contributed by atoms with Crippen LogP contribution in [-0.2, 0) is 4.74 Å². The molecule has 0 atom stereocenters. The van der Waals surface area contributed by atoms with Crippen LogP contribution in [-0.4, -0.2) is 22.5 Å². The molecule has 0 bridgehead atoms. The van der Waals surface area contributed by atoms with Crippen molar-refractivity contribution in [2.45, 2.75) is 0 Å². The van der Waals surface area contributed by atoms with Crippen LogP contribution in [0.1, 0.15) is 10.5 Å². The van der Waals surface area contributed by atoms with Gasteiger partial charge >= 0.3 is 5.97 Å². The number of carbonyl (C=O) groups excluding carboxylic acids is 1. The van der Waals surface area contributed by atoms with Crippen LogP contribution in [0.2, 0.25) is 0 Å². The number of carbonyl (C=O) groups is 1. The SMILES string of the molecule is COC(=O)c1c(Br)ccc2cncn12. The zero-order valence-electron chi connectivity index (χ0n) is 7.40. The highest BCUT2D eigenvalue weighted by molar-refractivity contribution is 9.10. The monoisotopic (exact) mass is 254 g/mol. The van der Waals surface area contributed by atoms with E-state index < -0.39 is 0 Å². The molecule has 14 heavy (non-hydrogen) atoms. The van der Waals surface area contributed by atoms with Gasteiger partial charge in [0.25, 0.3) is 0 Å². The number of esters is 1. The first kappa shape index (κ1) is 9.21. The van der Waals surface area contributed by atoms with E-state index in [0.717, 1.165) is 5.52 Å². The first-order valence-corrected chi connectivity index (χ1v) is 4.72. The number of pyridine rings is 1. The van der Waals surface area contributed by atoms with Gasteiger partial charge in [-0.3, -0.25) is 4.40 Å². The van der Waals surface area contributed by atoms with Gasteiger partial charge in [0.05, 0.1) is 25.2 Å². The summed E-state index contributed by atoms with van der Waals surface area (Å²) in [5.41, 5.74) is 1.30. The highest BCUT2D eigenvalue weighted by Gasteiger charge is 2.14. The van der Waals surface area contributed by atoms with Crippen molar-refractivity contribution in [2.75, 3.05) is 7.11 Å². The molecule has 4 nitrogen and oxygen atoms in total. The van der Waals surface area contributed by atoms with E-state index in [4.69, 9.17) is 0 Å². The Balaban J connectivity index is 2.76. The Hall–Kier alpha value is -1.36. The van der Waals surface area contributed by atoms with E-state index in [-0.39, 0.29) is 5.97 Å². The lowest BCUT2D eigenvalue weighted by molar-refractivity contribution is 0.0591. The Kier molecular flexibility index (Phi) is 2.25. The molecule has 2 heterocycles. The van der Waals surface area contributed by atoms with E-state index in [9.17, 15) is 4.79 Å². The standard InChI is InChI=1S/C9H7BrN2O2/c1-14-9(13)8-7(10)3-2-6-4-11-5-12(6)8/h2-5H,1H3. The van der Waals surface area contributed by atoms with Gasteiger partial charge in [0, 0.05) is 4.47 Å². The summed E-state index contributed by atoms with van der Waals surface area (Å²) in [6.07, 6.45) is 3.26. The van der Waals surface area contributed by atoms with Crippen molar-refractivity contribution in [1.82, 2.24) is 9.38 Å². The Morgan fingerprint density at radius 1 is 1.57 bits per heavy atom. The molecule has 0 fully saturated rings. The number of imidazole rings is 1. The maximum Gasteiger partial charge on any atom is 0.356 e. The molecular weight excluding hydrogens is 248 g/mol. The number of rotatable bonds is 1. The fraction of sp³-hybridized carbons (Fsp3) is 0.111. The van der Waals surface area contributed by atoms with Crippen LogP contribution >= 0.6 is 15.9 Å². The maximum atomic E-state index is 11.4. The van der Waals surface area contributed by atoms with Gasteiger partial charge in [0.1, 0.15) is 5.69 Å². The fourth-order valence-corrected chi connectivity index (χ4v) is 1.75. The molecule has 5 heteroatoms. The van der Waals surface area contributed by atoms with Crippen LogP contribution in [0.25, 0.3) is 5.52 Å². The molecular formula is C9H7BrN2O2. The summed E-state index contributed by atoms with van der Waals surface area (Å²) in [7, 11) is 1.35. The summed E-state index contributed by atoms with van der Waals surface area (Å²) in [6.45, 7) is 0. The number of nitrogens with zero attached hydrogens (tertiary/aromatic N) is 2. The third-order valence-electron chi connectivity index (χ3n) is 1.91. The second-order valence-electron chi connectivity index (χ2n) is 2.71. The third-order valence-corrected chi connectivity index (χ3v) is 2.55. The van der Waals surface area contributed by atoms with Crippen molar-refractivity contribution in [1.29, 1.82) is 0 Å². The van der Waals surface area contributed by atoms with Gasteiger partial charge in [0.15, 0.2) is 0 Å². The number of ether oxygens (including phenoxy) is 1. The molecule has 0 N–H and O–H groups in total. The van der Waals surface area contributed by atoms with Crippen molar-refractivity contribution in [2.24, 2.45) is 0 Å². The molecule has 72 valence electrons. The summed E-state index contributed by atoms with van der Waals surface area (Å²) in [5, 5.41) is 0. The molecule has 0 aliphatic heterocycles. The van der Waals surface area contributed by atoms with Gasteiger partial charge in [0.2, 0.25) is 0 Å². The average Bonchev–Trinajstić information content (AvgIpc) is 2.64. The zero-order valence-corrected chi connectivity index (χ0v) is 8.98. The summed E-state index contributed by atoms with van der Waals surface area (Å²) in [4.78, 5) is 15.4. The summed E-state index contributed by atoms with van der Waals surface area (Å²) >= 11 is 3.29. The van der Waals surface area contributed by atoms with Gasteiger partial charge in [-0.1, -0.05) is 0 Å². The number of aromatic nitrogens is 2. The van der Waals surface area contributed by atoms with Crippen LogP contribution in [0.15, 0.2) is 29.1 Å². The smallest absolute Gasteiger partial charge is 0.356 e. The van der Waals surface area contributed by atoms with E-state index in [0.29, 0.717) is 10.2 Å². The van der Waals surface area contributed by atoms with Crippen molar-refractivity contribution < 1.29 is 9.53 Å². The quantitative estimate of drug-likeness (QED) is 0.731. The van der Waals surface area contributed by atoms with Gasteiger partial charge in [-0.2, -0.15) is 0 Å². The lowest BCUT2D eigenvalue weighted by atomic mass is 10.3. The Labute approximate surface area is 88.6 Å². The molecule has 0 aliphatic rings. The maximum absolute atomic E-state index is 11.4. The highest BCUT2D eigenvalue weighted by atomic mass is 79.9. The summed E-state index contributed by atoms with van der Waals surface area (Å²) in [5.74, 6) is -0.388. The molecule has 0 saturated heterocycles. The fourth-order valence-electron chi connectivity index (χ4n) is 1.26. The first-order valence-electron chi connectivity index (χ1n) is 3.93. The van der Waals surface area contributed by atoms with E-state index in [1.807, 2.05) is 6.07 Å². The normalized spacial score (nSPS) is 10.4. The highest BCUT2D eigenvalue weighted by Crippen LogP contribution is 2.19. The average molecular weight is 255 g/mol. The molecule has 0 saturated carbocycles. The molecule has 0 amide bonds. The minimum atomic E-state index is -0.388. The van der Waals surface area contributed by atoms with Crippen LogP contribution in [0.4, 0.5) is 0 Å². The lowest BCUT2D eigenvalue weighted by Gasteiger charge is -2.05. The molecule has 2 aromatic rings. The predicted molar refractivity (Wildman–Crippen MR) is 54.2 cm³/mol. The molecule has 0 aromatic carbocycles. The second kappa shape index (κ2) is 3.42. The van der Waals surface area contributed by atoms with Crippen molar-refractivity contribution in [3.05, 3.63) is 34.8 Å². The molecule has 2 aromatic heterocycles. The predicted octanol–water partition coefficient (Wildman–Crippen LogP) is 1.88. The number of halogens is 1. The van der Waals surface area contributed by atoms with E-state index in [1.54, 1.807) is 23.0 Å². The second-order valence-corrected chi connectivity index (χ2v) is 3.56. The first-order chi connectivity index (χ1) is 6.74. The van der Waals surface area contributed by atoms with Gasteiger partial charge in [-0.25, -0.2) is 9.78 Å². The Morgan fingerprint density at radius 3 is 3.07 bits per heavy atom. The van der Waals surface area contributed by atoms with Crippen LogP contribution < -0.4 is 0 Å². The van der Waals surface area contributed by atoms with E-state index in [2.05, 4.69) is 25.7 Å². The van der Waals surface area contributed by atoms with E-state index >= 15 is 0 Å². The zero-order chi connectivity index (χ0) is 10.1. The number of fused-ring (bicyclic) bond motifs is 1. The molecule has 0 aliphatic carbocycles. The van der Waals surface area contributed by atoms with Crippen molar-refractivity contribution in [3.8, 4) is 0 Å². The summed E-state index contributed by atoms with van der Waals surface area (Å²) < 4.78 is 7.04. The summed E-state index contributed by atoms with van der Waals surface area (Å²) in [6, 6.07) is 3.66. The minimum Gasteiger partial charge on any atom is -0.464 e. The van der Waals surface area contributed by atoms with Crippen molar-refractivity contribution >= 4 is 27.4 Å².